The third-order valence-electron chi connectivity index (χ3n) is 2.40. The minimum absolute atomic E-state index is 0.00903. The lowest BCUT2D eigenvalue weighted by atomic mass is 10.2. The number of aromatic nitrogens is 1. The first-order chi connectivity index (χ1) is 8.65. The molecule has 0 radical (unpaired) electrons. The van der Waals surface area contributed by atoms with Crippen molar-refractivity contribution in [1.82, 2.24) is 4.98 Å². The second kappa shape index (κ2) is 4.89. The Balaban J connectivity index is 2.47. The number of carbonyl (C=O) groups is 1. The van der Waals surface area contributed by atoms with E-state index in [-0.39, 0.29) is 23.9 Å². The Morgan fingerprint density at radius 1 is 1.56 bits per heavy atom. The molecule has 6 heteroatoms. The van der Waals surface area contributed by atoms with Crippen molar-refractivity contribution in [3.63, 3.8) is 0 Å². The predicted molar refractivity (Wildman–Crippen MR) is 63.3 cm³/mol. The van der Waals surface area contributed by atoms with Crippen LogP contribution >= 0.6 is 0 Å². The number of rotatable bonds is 4. The summed E-state index contributed by atoms with van der Waals surface area (Å²) in [6.07, 6.45) is 0. The Morgan fingerprint density at radius 2 is 2.33 bits per heavy atom. The van der Waals surface area contributed by atoms with Crippen LogP contribution < -0.4 is 10.5 Å². The van der Waals surface area contributed by atoms with Crippen LogP contribution in [0.4, 0.5) is 0 Å². The van der Waals surface area contributed by atoms with E-state index in [1.165, 1.54) is 0 Å². The Morgan fingerprint density at radius 3 is 2.89 bits per heavy atom. The average Bonchev–Trinajstić information content (AvgIpc) is 2.83. The first kappa shape index (κ1) is 12.1. The number of carboxylic acid groups (broad SMARTS) is 1. The van der Waals surface area contributed by atoms with Gasteiger partial charge < -0.3 is 20.0 Å². The summed E-state index contributed by atoms with van der Waals surface area (Å²) in [5, 5.41) is 8.94. The highest BCUT2D eigenvalue weighted by molar-refractivity contribution is 5.86. The summed E-state index contributed by atoms with van der Waals surface area (Å²) in [7, 11) is 1.54. The van der Waals surface area contributed by atoms with Crippen LogP contribution in [0.25, 0.3) is 11.5 Å². The molecule has 1 heterocycles. The molecular formula is C12H12N2O4. The molecule has 2 rings (SSSR count). The van der Waals surface area contributed by atoms with Crippen LogP contribution in [0, 0.1) is 0 Å². The monoisotopic (exact) mass is 248 g/mol. The van der Waals surface area contributed by atoms with Crippen molar-refractivity contribution in [2.45, 2.75) is 6.54 Å². The predicted octanol–water partition coefficient (Wildman–Crippen LogP) is 1.51. The number of hydrogen-bond donors (Lipinski definition) is 2. The van der Waals surface area contributed by atoms with E-state index in [0.29, 0.717) is 11.3 Å². The number of ether oxygens (including phenoxy) is 1. The molecule has 0 aliphatic heterocycles. The third kappa shape index (κ3) is 2.18. The van der Waals surface area contributed by atoms with E-state index in [1.54, 1.807) is 31.4 Å². The third-order valence-corrected chi connectivity index (χ3v) is 2.40. The highest BCUT2D eigenvalue weighted by Crippen LogP contribution is 2.25. The second-order valence-electron chi connectivity index (χ2n) is 3.54. The number of aromatic carboxylic acids is 1. The molecule has 0 atom stereocenters. The van der Waals surface area contributed by atoms with Gasteiger partial charge in [-0.15, -0.1) is 0 Å². The molecule has 0 spiro atoms. The number of oxazole rings is 1. The smallest absolute Gasteiger partial charge is 0.373 e. The molecule has 3 N–H and O–H groups in total. The van der Waals surface area contributed by atoms with Gasteiger partial charge in [0, 0.05) is 12.1 Å². The minimum atomic E-state index is -1.18. The van der Waals surface area contributed by atoms with Crippen molar-refractivity contribution in [2.24, 2.45) is 5.73 Å². The van der Waals surface area contributed by atoms with Gasteiger partial charge >= 0.3 is 5.97 Å². The molecule has 0 bridgehead atoms. The van der Waals surface area contributed by atoms with Crippen molar-refractivity contribution < 1.29 is 19.1 Å². The van der Waals surface area contributed by atoms with E-state index in [9.17, 15) is 4.79 Å². The number of nitrogens with zero attached hydrogens (tertiary/aromatic N) is 1. The molecule has 0 saturated heterocycles. The van der Waals surface area contributed by atoms with E-state index in [2.05, 4.69) is 4.98 Å². The summed E-state index contributed by atoms with van der Waals surface area (Å²) in [4.78, 5) is 15.0. The van der Waals surface area contributed by atoms with Gasteiger partial charge in [-0.1, -0.05) is 6.07 Å². The summed E-state index contributed by atoms with van der Waals surface area (Å²) >= 11 is 0. The number of nitrogens with two attached hydrogens (primary N) is 1. The van der Waals surface area contributed by atoms with Crippen LogP contribution in [-0.2, 0) is 6.54 Å². The van der Waals surface area contributed by atoms with Crippen LogP contribution in [0.3, 0.4) is 0 Å². The van der Waals surface area contributed by atoms with Crippen molar-refractivity contribution >= 4 is 5.97 Å². The van der Waals surface area contributed by atoms with Gasteiger partial charge in [-0.25, -0.2) is 9.78 Å². The molecule has 6 nitrogen and oxygen atoms in total. The van der Waals surface area contributed by atoms with Gasteiger partial charge in [0.05, 0.1) is 7.11 Å². The first-order valence-electron chi connectivity index (χ1n) is 5.23. The highest BCUT2D eigenvalue weighted by Gasteiger charge is 2.19. The molecule has 2 aromatic rings. The van der Waals surface area contributed by atoms with Crippen molar-refractivity contribution in [3.05, 3.63) is 35.7 Å². The van der Waals surface area contributed by atoms with Crippen LogP contribution in [0.2, 0.25) is 0 Å². The van der Waals surface area contributed by atoms with Crippen LogP contribution in [-0.4, -0.2) is 23.2 Å². The lowest BCUT2D eigenvalue weighted by Crippen LogP contribution is -2.04. The fraction of sp³-hybridized carbons (Fsp3) is 0.167. The van der Waals surface area contributed by atoms with Gasteiger partial charge in [-0.3, -0.25) is 0 Å². The maximum absolute atomic E-state index is 10.9. The van der Waals surface area contributed by atoms with E-state index in [0.717, 1.165) is 0 Å². The van der Waals surface area contributed by atoms with Crippen molar-refractivity contribution in [2.75, 3.05) is 7.11 Å². The number of hydrogen-bond acceptors (Lipinski definition) is 5. The Labute approximate surface area is 103 Å². The molecule has 0 saturated carbocycles. The van der Waals surface area contributed by atoms with Crippen LogP contribution in [0.5, 0.6) is 5.75 Å². The number of carboxylic acids is 1. The van der Waals surface area contributed by atoms with Gasteiger partial charge in [0.2, 0.25) is 11.7 Å². The lowest BCUT2D eigenvalue weighted by Gasteiger charge is -2.00. The molecule has 1 aromatic heterocycles. The van der Waals surface area contributed by atoms with Crippen molar-refractivity contribution in [3.8, 4) is 17.2 Å². The zero-order chi connectivity index (χ0) is 13.1. The summed E-state index contributed by atoms with van der Waals surface area (Å²) in [6, 6.07) is 6.99. The summed E-state index contributed by atoms with van der Waals surface area (Å²) < 4.78 is 10.3. The van der Waals surface area contributed by atoms with E-state index < -0.39 is 5.97 Å². The standard InChI is InChI=1S/C12H12N2O4/c1-17-8-4-2-3-7(5-8)11-14-9(6-13)10(18-11)12(15)16/h2-5H,6,13H2,1H3,(H,15,16). The van der Waals surface area contributed by atoms with E-state index in [1.807, 2.05) is 0 Å². The summed E-state index contributed by atoms with van der Waals surface area (Å²) in [5.41, 5.74) is 6.28. The van der Waals surface area contributed by atoms with Crippen LogP contribution in [0.1, 0.15) is 16.2 Å². The quantitative estimate of drug-likeness (QED) is 0.850. The Hall–Kier alpha value is -2.34. The molecule has 0 amide bonds. The number of methoxy groups -OCH3 is 1. The first-order valence-corrected chi connectivity index (χ1v) is 5.23. The van der Waals surface area contributed by atoms with Gasteiger partial charge in [0.1, 0.15) is 11.4 Å². The van der Waals surface area contributed by atoms with Crippen molar-refractivity contribution in [1.29, 1.82) is 0 Å². The summed E-state index contributed by atoms with van der Waals surface area (Å²) in [6.45, 7) is 0.00903. The van der Waals surface area contributed by atoms with E-state index in [4.69, 9.17) is 20.0 Å². The topological polar surface area (TPSA) is 98.6 Å². The van der Waals surface area contributed by atoms with E-state index >= 15 is 0 Å². The number of benzene rings is 1. The molecule has 0 aliphatic rings. The second-order valence-corrected chi connectivity index (χ2v) is 3.54. The maximum atomic E-state index is 10.9. The van der Waals surface area contributed by atoms with Gasteiger partial charge in [0.25, 0.3) is 0 Å². The Bertz CT molecular complexity index is 577. The fourth-order valence-corrected chi connectivity index (χ4v) is 1.54. The lowest BCUT2D eigenvalue weighted by molar-refractivity contribution is 0.0662. The average molecular weight is 248 g/mol. The van der Waals surface area contributed by atoms with Crippen LogP contribution in [0.15, 0.2) is 28.7 Å². The zero-order valence-corrected chi connectivity index (χ0v) is 9.71. The minimum Gasteiger partial charge on any atom is -0.497 e. The molecule has 0 fully saturated rings. The van der Waals surface area contributed by atoms with Gasteiger partial charge in [-0.2, -0.15) is 0 Å². The fourth-order valence-electron chi connectivity index (χ4n) is 1.54. The molecule has 18 heavy (non-hydrogen) atoms. The molecule has 0 unspecified atom stereocenters. The molecule has 1 aromatic carbocycles. The highest BCUT2D eigenvalue weighted by atomic mass is 16.5. The molecule has 94 valence electrons. The molecular weight excluding hydrogens is 236 g/mol. The zero-order valence-electron chi connectivity index (χ0n) is 9.71. The largest absolute Gasteiger partial charge is 0.497 e. The Kier molecular flexibility index (Phi) is 3.29. The normalized spacial score (nSPS) is 10.3. The maximum Gasteiger partial charge on any atom is 0.373 e. The SMILES string of the molecule is COc1cccc(-c2nc(CN)c(C(=O)O)o2)c1. The summed E-state index contributed by atoms with van der Waals surface area (Å²) in [5.74, 6) is -0.559. The van der Waals surface area contributed by atoms with Gasteiger partial charge in [0.15, 0.2) is 0 Å². The molecule has 0 aliphatic carbocycles. The van der Waals surface area contributed by atoms with Gasteiger partial charge in [-0.05, 0) is 18.2 Å².